The third-order valence-corrected chi connectivity index (χ3v) is 18.1. The van der Waals surface area contributed by atoms with Crippen LogP contribution in [0.2, 0.25) is 0 Å². The van der Waals surface area contributed by atoms with Gasteiger partial charge in [0.05, 0.1) is 48.4 Å². The van der Waals surface area contributed by atoms with E-state index in [9.17, 15) is 9.59 Å². The molecule has 390 valence electrons. The number of carbonyl (C=O) groups excluding carboxylic acids is 4. The van der Waals surface area contributed by atoms with E-state index in [0.29, 0.717) is 13.1 Å². The molecule has 4 unspecified atom stereocenters. The van der Waals surface area contributed by atoms with E-state index in [0.717, 1.165) is 81.7 Å². The zero-order valence-electron chi connectivity index (χ0n) is 46.4. The van der Waals surface area contributed by atoms with Gasteiger partial charge in [-0.1, -0.05) is 133 Å². The number of carbonyl (C=O) groups is 4. The number of benzene rings is 3. The largest absolute Gasteiger partial charge is 0.453 e. The lowest BCUT2D eigenvalue weighted by Gasteiger charge is -2.60. The molecule has 72 heavy (non-hydrogen) atoms. The van der Waals surface area contributed by atoms with Crippen LogP contribution in [-0.4, -0.2) is 92.1 Å². The third kappa shape index (κ3) is 8.81. The van der Waals surface area contributed by atoms with Gasteiger partial charge >= 0.3 is 12.2 Å². The van der Waals surface area contributed by atoms with Gasteiger partial charge in [-0.05, 0) is 108 Å². The Labute approximate surface area is 427 Å². The summed E-state index contributed by atoms with van der Waals surface area (Å²) in [4.78, 5) is 77.3. The van der Waals surface area contributed by atoms with Crippen molar-refractivity contribution in [3.05, 3.63) is 72.3 Å². The van der Waals surface area contributed by atoms with Crippen molar-refractivity contribution in [3.63, 3.8) is 0 Å². The highest BCUT2D eigenvalue weighted by Gasteiger charge is 2.65. The predicted molar refractivity (Wildman–Crippen MR) is 286 cm³/mol. The first-order valence-corrected chi connectivity index (χ1v) is 25.7. The Morgan fingerprint density at radius 2 is 0.806 bits per heavy atom. The van der Waals surface area contributed by atoms with Crippen molar-refractivity contribution in [3.8, 4) is 22.3 Å². The second kappa shape index (κ2) is 18.5. The van der Waals surface area contributed by atoms with E-state index in [1.165, 1.54) is 14.2 Å². The highest BCUT2D eigenvalue weighted by atomic mass is 16.5. The summed E-state index contributed by atoms with van der Waals surface area (Å²) in [6, 6.07) is 20.3. The summed E-state index contributed by atoms with van der Waals surface area (Å²) in [6.45, 7) is 34.5. The minimum atomic E-state index is -1.31. The van der Waals surface area contributed by atoms with Crippen LogP contribution >= 0.6 is 0 Å². The zero-order valence-corrected chi connectivity index (χ0v) is 46.4. The van der Waals surface area contributed by atoms with Gasteiger partial charge in [0.1, 0.15) is 22.7 Å². The molecule has 2 aromatic heterocycles. The summed E-state index contributed by atoms with van der Waals surface area (Å²) >= 11 is 0. The summed E-state index contributed by atoms with van der Waals surface area (Å²) in [5.41, 5.74) is 1.91. The molecule has 4 atom stereocenters. The number of aromatic amines is 2. The molecule has 4 N–H and O–H groups in total. The van der Waals surface area contributed by atoms with Gasteiger partial charge in [-0.3, -0.25) is 9.59 Å². The molecule has 14 nitrogen and oxygen atoms in total. The van der Waals surface area contributed by atoms with Gasteiger partial charge < -0.3 is 39.9 Å². The minimum Gasteiger partial charge on any atom is -0.453 e. The monoisotopic (exact) mass is 987 g/mol. The highest BCUT2D eigenvalue weighted by Crippen LogP contribution is 2.60. The van der Waals surface area contributed by atoms with E-state index in [2.05, 4.69) is 166 Å². The standard InChI is InChI=1S/C58H82N8O6/c1-51(2,3)57(15,52(4,5)6)55(13,63-49(69)71-17)47(67)65-31-19-21-43(65)45-59-39-29-27-37(33-41(39)61-45)35-23-25-36(26-24-35)38-28-30-40-42(34-38)62-46(60-40)44-22-20-32-66(44)48(68)56(14,64-50(70)72-18)58(16,53(7,8)9)54(10,11)12/h23-30,33-34,43-44H,19-22,31-32H2,1-18H3,(H,59,61)(H,60,62)(H,63,69)(H,64,70). The molecule has 0 bridgehead atoms. The third-order valence-electron chi connectivity index (χ3n) is 18.1. The number of likely N-dealkylation sites (tertiary alicyclic amines) is 2. The van der Waals surface area contributed by atoms with Gasteiger partial charge in [-0.25, -0.2) is 19.6 Å². The number of aromatic nitrogens is 4. The maximum Gasteiger partial charge on any atom is 0.407 e. The van der Waals surface area contributed by atoms with Gasteiger partial charge in [0.25, 0.3) is 0 Å². The first-order chi connectivity index (χ1) is 33.3. The van der Waals surface area contributed by atoms with Crippen LogP contribution in [-0.2, 0) is 19.1 Å². The van der Waals surface area contributed by atoms with E-state index >= 15 is 9.59 Å². The van der Waals surface area contributed by atoms with Crippen LogP contribution < -0.4 is 10.6 Å². The summed E-state index contributed by atoms with van der Waals surface area (Å²) in [7, 11) is 2.66. The second-order valence-corrected chi connectivity index (χ2v) is 25.3. The molecule has 0 aliphatic carbocycles. The fourth-order valence-corrected chi connectivity index (χ4v) is 13.3. The topological polar surface area (TPSA) is 175 Å². The number of rotatable bonds is 10. The van der Waals surface area contributed by atoms with Crippen molar-refractivity contribution in [2.75, 3.05) is 27.3 Å². The van der Waals surface area contributed by atoms with Gasteiger partial charge in [0, 0.05) is 23.9 Å². The van der Waals surface area contributed by atoms with Crippen LogP contribution in [0.5, 0.6) is 0 Å². The molecule has 5 aromatic rings. The number of imidazole rings is 2. The smallest absolute Gasteiger partial charge is 0.407 e. The molecule has 0 radical (unpaired) electrons. The van der Waals surface area contributed by atoms with E-state index in [1.807, 2.05) is 35.8 Å². The molecule has 7 rings (SSSR count). The van der Waals surface area contributed by atoms with Crippen molar-refractivity contribution in [1.29, 1.82) is 0 Å². The molecule has 2 aliphatic rings. The van der Waals surface area contributed by atoms with Crippen molar-refractivity contribution < 1.29 is 28.7 Å². The molecule has 14 heteroatoms. The maximum absolute atomic E-state index is 15.1. The van der Waals surface area contributed by atoms with Crippen LogP contribution in [0.25, 0.3) is 44.3 Å². The average Bonchev–Trinajstić information content (AvgIpc) is 4.14. The van der Waals surface area contributed by atoms with E-state index in [4.69, 9.17) is 19.4 Å². The lowest BCUT2D eigenvalue weighted by Crippen LogP contribution is -2.72. The molecule has 2 aliphatic heterocycles. The summed E-state index contributed by atoms with van der Waals surface area (Å²) in [5.74, 6) is 1.13. The number of nitrogens with one attached hydrogen (secondary N) is 4. The summed E-state index contributed by atoms with van der Waals surface area (Å²) < 4.78 is 10.2. The molecule has 0 saturated carbocycles. The number of amides is 4. The summed E-state index contributed by atoms with van der Waals surface area (Å²) in [6.07, 6.45) is 1.82. The van der Waals surface area contributed by atoms with E-state index in [1.54, 1.807) is 0 Å². The van der Waals surface area contributed by atoms with Gasteiger partial charge in [-0.15, -0.1) is 0 Å². The predicted octanol–water partition coefficient (Wildman–Crippen LogP) is 12.5. The number of nitrogens with zero attached hydrogens (tertiary/aromatic N) is 4. The van der Waals surface area contributed by atoms with E-state index in [-0.39, 0.29) is 23.9 Å². The first kappa shape index (κ1) is 53.9. The summed E-state index contributed by atoms with van der Waals surface area (Å²) in [5, 5.41) is 6.09. The number of alkyl carbamates (subject to hydrolysis) is 2. The van der Waals surface area contributed by atoms with Crippen molar-refractivity contribution in [2.45, 2.75) is 160 Å². The number of H-pyrrole nitrogens is 2. The van der Waals surface area contributed by atoms with Crippen molar-refractivity contribution in [1.82, 2.24) is 40.4 Å². The quantitative estimate of drug-likeness (QED) is 0.107. The lowest BCUT2D eigenvalue weighted by molar-refractivity contribution is -0.160. The molecule has 2 saturated heterocycles. The van der Waals surface area contributed by atoms with Crippen molar-refractivity contribution in [2.24, 2.45) is 32.5 Å². The fraction of sp³-hybridized carbons (Fsp3) is 0.586. The number of hydrogen-bond acceptors (Lipinski definition) is 8. The number of fused-ring (bicyclic) bond motifs is 2. The Morgan fingerprint density at radius 3 is 1.10 bits per heavy atom. The van der Waals surface area contributed by atoms with E-state index < -0.39 is 55.8 Å². The van der Waals surface area contributed by atoms with Crippen LogP contribution in [0.4, 0.5) is 9.59 Å². The molecular formula is C58H82N8O6. The van der Waals surface area contributed by atoms with Gasteiger partial charge in [-0.2, -0.15) is 0 Å². The number of ether oxygens (including phenoxy) is 2. The lowest BCUT2D eigenvalue weighted by atomic mass is 9.47. The Kier molecular flexibility index (Phi) is 13.9. The Balaban J connectivity index is 1.13. The Morgan fingerprint density at radius 1 is 0.500 bits per heavy atom. The Hall–Kier alpha value is -5.92. The van der Waals surface area contributed by atoms with Crippen LogP contribution in [0.3, 0.4) is 0 Å². The molecule has 4 heterocycles. The van der Waals surface area contributed by atoms with Crippen LogP contribution in [0.1, 0.15) is 160 Å². The molecule has 0 spiro atoms. The van der Waals surface area contributed by atoms with Gasteiger partial charge in [0.2, 0.25) is 11.8 Å². The Bertz CT molecular complexity index is 2630. The molecular weight excluding hydrogens is 905 g/mol. The van der Waals surface area contributed by atoms with Crippen LogP contribution in [0.15, 0.2) is 60.7 Å². The SMILES string of the molecule is COC(=O)NC(C)(C(=O)N1CCCC1c1nc2ccc(-c3ccc(-c4ccc5nc(C6CCCN6C(=O)C(C)(NC(=O)OC)C(C)(C(C)(C)C)C(C)(C)C)[nH]c5c4)cc3)cc2[nH]1)C(C)(C(C)(C)C)C(C)(C)C. The highest BCUT2D eigenvalue weighted by molar-refractivity contribution is 5.93. The number of methoxy groups -OCH3 is 2. The molecule has 4 amide bonds. The minimum absolute atomic E-state index is 0.155. The first-order valence-electron chi connectivity index (χ1n) is 25.7. The van der Waals surface area contributed by atoms with Gasteiger partial charge in [0.15, 0.2) is 0 Å². The number of hydrogen-bond donors (Lipinski definition) is 4. The average molecular weight is 987 g/mol. The normalized spacial score (nSPS) is 19.0. The maximum atomic E-state index is 15.1. The molecule has 2 fully saturated rings. The van der Waals surface area contributed by atoms with Crippen molar-refractivity contribution >= 4 is 46.1 Å². The fourth-order valence-electron chi connectivity index (χ4n) is 13.3. The second-order valence-electron chi connectivity index (χ2n) is 25.3. The zero-order chi connectivity index (χ0) is 53.4. The van der Waals surface area contributed by atoms with Crippen LogP contribution in [0, 0.1) is 32.5 Å². The molecule has 3 aromatic carbocycles.